The molecule has 2 heterocycles. The minimum absolute atomic E-state index is 0.478. The van der Waals surface area contributed by atoms with Gasteiger partial charge in [0, 0.05) is 18.0 Å². The summed E-state index contributed by atoms with van der Waals surface area (Å²) in [6, 6.07) is 13.5. The highest BCUT2D eigenvalue weighted by atomic mass is 16.4. The molecule has 0 fully saturated rings. The van der Waals surface area contributed by atoms with E-state index in [0.717, 1.165) is 11.3 Å². The molecule has 0 saturated carbocycles. The average Bonchev–Trinajstić information content (AvgIpc) is 2.96. The van der Waals surface area contributed by atoms with Crippen molar-refractivity contribution < 1.29 is 4.42 Å². The second kappa shape index (κ2) is 5.30. The van der Waals surface area contributed by atoms with Crippen LogP contribution in [-0.2, 0) is 6.54 Å². The Morgan fingerprint density at radius 2 is 1.89 bits per heavy atom. The lowest BCUT2D eigenvalue weighted by Gasteiger charge is -2.01. The number of hydrogen-bond acceptors (Lipinski definition) is 5. The van der Waals surface area contributed by atoms with Gasteiger partial charge >= 0.3 is 0 Å². The zero-order chi connectivity index (χ0) is 12.9. The minimum Gasteiger partial charge on any atom is -0.419 e. The van der Waals surface area contributed by atoms with Crippen LogP contribution in [-0.4, -0.2) is 15.2 Å². The molecule has 3 aromatic rings. The predicted octanol–water partition coefficient (Wildman–Crippen LogP) is 2.74. The molecule has 0 radical (unpaired) electrons. The molecule has 0 aliphatic rings. The van der Waals surface area contributed by atoms with Crippen molar-refractivity contribution in [3.8, 4) is 11.5 Å². The van der Waals surface area contributed by atoms with Gasteiger partial charge in [0.1, 0.15) is 0 Å². The van der Waals surface area contributed by atoms with Crippen molar-refractivity contribution in [2.24, 2.45) is 0 Å². The second-order valence-corrected chi connectivity index (χ2v) is 3.96. The summed E-state index contributed by atoms with van der Waals surface area (Å²) >= 11 is 0. The third-order valence-electron chi connectivity index (χ3n) is 2.59. The molecule has 0 aliphatic carbocycles. The first-order valence-electron chi connectivity index (χ1n) is 5.93. The normalized spacial score (nSPS) is 10.3. The Bertz CT molecular complexity index is 637. The van der Waals surface area contributed by atoms with Crippen molar-refractivity contribution in [1.82, 2.24) is 15.2 Å². The third kappa shape index (κ3) is 2.77. The summed E-state index contributed by atoms with van der Waals surface area (Å²) in [6.45, 7) is 0.478. The summed E-state index contributed by atoms with van der Waals surface area (Å²) in [5, 5.41) is 11.2. The van der Waals surface area contributed by atoms with Gasteiger partial charge in [-0.15, -0.1) is 10.2 Å². The monoisotopic (exact) mass is 252 g/mol. The molecule has 1 N–H and O–H groups in total. The maximum Gasteiger partial charge on any atom is 0.247 e. The van der Waals surface area contributed by atoms with Crippen molar-refractivity contribution in [3.63, 3.8) is 0 Å². The quantitative estimate of drug-likeness (QED) is 0.773. The first kappa shape index (κ1) is 11.4. The molecule has 0 aliphatic heterocycles. The van der Waals surface area contributed by atoms with Crippen LogP contribution in [0.15, 0.2) is 59.3 Å². The van der Waals surface area contributed by atoms with E-state index in [-0.39, 0.29) is 0 Å². The molecule has 0 amide bonds. The van der Waals surface area contributed by atoms with Gasteiger partial charge in [-0.3, -0.25) is 4.98 Å². The van der Waals surface area contributed by atoms with E-state index < -0.39 is 0 Å². The fourth-order valence-corrected chi connectivity index (χ4v) is 1.67. The zero-order valence-electron chi connectivity index (χ0n) is 10.2. The van der Waals surface area contributed by atoms with E-state index in [1.165, 1.54) is 0 Å². The van der Waals surface area contributed by atoms with Crippen molar-refractivity contribution in [3.05, 3.63) is 60.7 Å². The Labute approximate surface area is 110 Å². The molecule has 0 spiro atoms. The summed E-state index contributed by atoms with van der Waals surface area (Å²) in [5.41, 5.74) is 1.84. The Morgan fingerprint density at radius 1 is 1.00 bits per heavy atom. The number of pyridine rings is 1. The number of hydrogen-bond donors (Lipinski definition) is 1. The van der Waals surface area contributed by atoms with Gasteiger partial charge in [-0.25, -0.2) is 0 Å². The maximum absolute atomic E-state index is 5.59. The van der Waals surface area contributed by atoms with Crippen LogP contribution in [0.4, 0.5) is 5.69 Å². The van der Waals surface area contributed by atoms with E-state index in [2.05, 4.69) is 20.5 Å². The van der Waals surface area contributed by atoms with E-state index in [4.69, 9.17) is 4.42 Å². The number of nitrogens with one attached hydrogen (secondary N) is 1. The van der Waals surface area contributed by atoms with Crippen LogP contribution < -0.4 is 5.32 Å². The minimum atomic E-state index is 0.478. The van der Waals surface area contributed by atoms with Crippen molar-refractivity contribution >= 4 is 5.69 Å². The topological polar surface area (TPSA) is 63.8 Å². The molecule has 19 heavy (non-hydrogen) atoms. The van der Waals surface area contributed by atoms with Crippen LogP contribution in [0, 0.1) is 0 Å². The summed E-state index contributed by atoms with van der Waals surface area (Å²) < 4.78 is 5.59. The van der Waals surface area contributed by atoms with Gasteiger partial charge in [-0.05, 0) is 24.3 Å². The van der Waals surface area contributed by atoms with Crippen LogP contribution in [0.3, 0.4) is 0 Å². The zero-order valence-corrected chi connectivity index (χ0v) is 10.2. The fraction of sp³-hybridized carbons (Fsp3) is 0.0714. The summed E-state index contributed by atoms with van der Waals surface area (Å²) in [4.78, 5) is 4.02. The summed E-state index contributed by atoms with van der Waals surface area (Å²) in [7, 11) is 0. The SMILES string of the molecule is c1ccc(-c2nnc(CNc3cccnc3)o2)cc1. The smallest absolute Gasteiger partial charge is 0.247 e. The highest BCUT2D eigenvalue weighted by Gasteiger charge is 2.07. The maximum atomic E-state index is 5.59. The molecular weight excluding hydrogens is 240 g/mol. The van der Waals surface area contributed by atoms with E-state index in [0.29, 0.717) is 18.3 Å². The molecular formula is C14H12N4O. The molecule has 3 rings (SSSR count). The molecule has 2 aromatic heterocycles. The molecule has 0 unspecified atom stereocenters. The predicted molar refractivity (Wildman–Crippen MR) is 71.3 cm³/mol. The summed E-state index contributed by atoms with van der Waals surface area (Å²) in [5.74, 6) is 1.08. The van der Waals surface area contributed by atoms with Gasteiger partial charge in [0.25, 0.3) is 0 Å². The molecule has 94 valence electrons. The molecule has 1 aromatic carbocycles. The largest absolute Gasteiger partial charge is 0.419 e. The fourth-order valence-electron chi connectivity index (χ4n) is 1.67. The van der Waals surface area contributed by atoms with Crippen LogP contribution in [0.2, 0.25) is 0 Å². The van der Waals surface area contributed by atoms with Gasteiger partial charge in [0.2, 0.25) is 11.8 Å². The molecule has 0 saturated heterocycles. The summed E-state index contributed by atoms with van der Waals surface area (Å²) in [6.07, 6.45) is 3.47. The number of nitrogens with zero attached hydrogens (tertiary/aromatic N) is 3. The first-order valence-corrected chi connectivity index (χ1v) is 5.93. The van der Waals surface area contributed by atoms with E-state index >= 15 is 0 Å². The van der Waals surface area contributed by atoms with Gasteiger partial charge in [0.15, 0.2) is 0 Å². The van der Waals surface area contributed by atoms with E-state index in [1.54, 1.807) is 12.4 Å². The standard InChI is InChI=1S/C14H12N4O/c1-2-5-11(6-3-1)14-18-17-13(19-14)10-16-12-7-4-8-15-9-12/h1-9,16H,10H2. The Balaban J connectivity index is 1.69. The highest BCUT2D eigenvalue weighted by molar-refractivity contribution is 5.51. The van der Waals surface area contributed by atoms with Crippen molar-refractivity contribution in [1.29, 1.82) is 0 Å². The average molecular weight is 252 g/mol. The van der Waals surface area contributed by atoms with E-state index in [1.807, 2.05) is 42.5 Å². The highest BCUT2D eigenvalue weighted by Crippen LogP contribution is 2.17. The number of rotatable bonds is 4. The van der Waals surface area contributed by atoms with Crippen molar-refractivity contribution in [2.75, 3.05) is 5.32 Å². The molecule has 0 bridgehead atoms. The van der Waals surface area contributed by atoms with Gasteiger partial charge in [-0.2, -0.15) is 0 Å². The lowest BCUT2D eigenvalue weighted by molar-refractivity contribution is 0.515. The molecule has 0 atom stereocenters. The second-order valence-electron chi connectivity index (χ2n) is 3.96. The number of aromatic nitrogens is 3. The molecule has 5 heteroatoms. The van der Waals surface area contributed by atoms with E-state index in [9.17, 15) is 0 Å². The number of anilines is 1. The van der Waals surface area contributed by atoms with Crippen LogP contribution in [0.1, 0.15) is 5.89 Å². The van der Waals surface area contributed by atoms with Crippen molar-refractivity contribution in [2.45, 2.75) is 6.54 Å². The van der Waals surface area contributed by atoms with Gasteiger partial charge in [-0.1, -0.05) is 18.2 Å². The Kier molecular flexibility index (Phi) is 3.18. The van der Waals surface area contributed by atoms with Crippen LogP contribution in [0.25, 0.3) is 11.5 Å². The van der Waals surface area contributed by atoms with Gasteiger partial charge in [0.05, 0.1) is 12.2 Å². The lowest BCUT2D eigenvalue weighted by Crippen LogP contribution is -1.99. The number of benzene rings is 1. The Morgan fingerprint density at radius 3 is 2.68 bits per heavy atom. The van der Waals surface area contributed by atoms with Gasteiger partial charge < -0.3 is 9.73 Å². The lowest BCUT2D eigenvalue weighted by atomic mass is 10.2. The first-order chi connectivity index (χ1) is 9.42. The Hall–Kier alpha value is -2.69. The van der Waals surface area contributed by atoms with Crippen LogP contribution >= 0.6 is 0 Å². The molecule has 5 nitrogen and oxygen atoms in total. The third-order valence-corrected chi connectivity index (χ3v) is 2.59. The van der Waals surface area contributed by atoms with Crippen LogP contribution in [0.5, 0.6) is 0 Å².